The Morgan fingerprint density at radius 2 is 1.72 bits per heavy atom. The number of fused-ring (bicyclic) bond motifs is 3. The van der Waals surface area contributed by atoms with Gasteiger partial charge in [-0.05, 0) is 63.9 Å². The number of pyridine rings is 1. The molecule has 2 atom stereocenters. The number of piperidine rings is 1. The van der Waals surface area contributed by atoms with Gasteiger partial charge in [0.1, 0.15) is 22.7 Å². The molecule has 0 aliphatic carbocycles. The zero-order valence-corrected chi connectivity index (χ0v) is 27.1. The first-order valence-corrected chi connectivity index (χ1v) is 15.8. The number of benzene rings is 1. The first kappa shape index (κ1) is 30.5. The highest BCUT2D eigenvalue weighted by Crippen LogP contribution is 2.46. The van der Waals surface area contributed by atoms with Gasteiger partial charge in [0.15, 0.2) is 5.65 Å². The van der Waals surface area contributed by atoms with Crippen LogP contribution in [0.1, 0.15) is 56.9 Å². The van der Waals surface area contributed by atoms with Crippen molar-refractivity contribution in [1.82, 2.24) is 29.3 Å². The second-order valence-corrected chi connectivity index (χ2v) is 13.7. The van der Waals surface area contributed by atoms with E-state index in [1.54, 1.807) is 49.6 Å². The fraction of sp³-hybridized carbons (Fsp3) is 0.412. The molecule has 6 heterocycles. The molecular weight excluding hydrogens is 600 g/mol. The van der Waals surface area contributed by atoms with E-state index in [1.165, 1.54) is 4.90 Å². The van der Waals surface area contributed by atoms with Crippen molar-refractivity contribution in [2.24, 2.45) is 0 Å². The maximum absolute atomic E-state index is 13.1. The zero-order valence-electron chi connectivity index (χ0n) is 27.1. The maximum atomic E-state index is 13.1. The number of nitrogens with one attached hydrogen (secondary N) is 1. The Hall–Kier alpha value is -5.20. The van der Waals surface area contributed by atoms with Crippen LogP contribution in [0.4, 0.5) is 27.0 Å². The largest absolute Gasteiger partial charge is 0.444 e. The number of para-hydroxylation sites is 1. The molecule has 3 aliphatic heterocycles. The molecule has 13 heteroatoms. The predicted molar refractivity (Wildman–Crippen MR) is 175 cm³/mol. The van der Waals surface area contributed by atoms with Crippen molar-refractivity contribution >= 4 is 46.6 Å². The van der Waals surface area contributed by atoms with E-state index in [0.29, 0.717) is 48.2 Å². The Labute approximate surface area is 272 Å². The molecule has 13 nitrogen and oxygen atoms in total. The van der Waals surface area contributed by atoms with Gasteiger partial charge in [-0.2, -0.15) is 4.98 Å². The molecule has 2 unspecified atom stereocenters. The molecule has 3 saturated heterocycles. The van der Waals surface area contributed by atoms with Crippen LogP contribution in [0, 0.1) is 0 Å². The third-order valence-corrected chi connectivity index (χ3v) is 8.89. The summed E-state index contributed by atoms with van der Waals surface area (Å²) in [6.07, 6.45) is 5.45. The van der Waals surface area contributed by atoms with E-state index in [-0.39, 0.29) is 24.1 Å². The van der Waals surface area contributed by atoms with E-state index in [9.17, 15) is 14.4 Å². The maximum Gasteiger partial charge on any atom is 0.415 e. The summed E-state index contributed by atoms with van der Waals surface area (Å²) in [5.41, 5.74) is 1.23. The average Bonchev–Trinajstić information content (AvgIpc) is 3.65. The lowest BCUT2D eigenvalue weighted by Crippen LogP contribution is -2.55. The zero-order chi connectivity index (χ0) is 33.1. The van der Waals surface area contributed by atoms with Crippen molar-refractivity contribution in [2.75, 3.05) is 30.9 Å². The van der Waals surface area contributed by atoms with Crippen LogP contribution < -0.4 is 10.2 Å². The molecule has 3 fully saturated rings. The topological polar surface area (TPSA) is 135 Å². The van der Waals surface area contributed by atoms with Gasteiger partial charge in [0.05, 0.1) is 18.4 Å². The second kappa shape index (κ2) is 11.2. The van der Waals surface area contributed by atoms with Crippen molar-refractivity contribution in [3.05, 3.63) is 66.6 Å². The molecule has 3 aromatic heterocycles. The van der Waals surface area contributed by atoms with Gasteiger partial charge < -0.3 is 24.6 Å². The number of aromatic nitrogens is 4. The van der Waals surface area contributed by atoms with Gasteiger partial charge in [-0.1, -0.05) is 18.2 Å². The standard InChI is InChI=1S/C34H38N8O5/c1-33(2,3)46-32(45)41-23-11-12-24(41)17-34(16-23)20-40(31(44)47-34)25-13-14-27(35-19-25)37-30-36-18-21-15-26(29(43)39(4)5)42(28(21)38-30)22-9-7-6-8-10-22/h6-10,13-15,18-19,23-24H,11-12,16-17,20H2,1-5H3,(H,35,36,37,38). The highest BCUT2D eigenvalue weighted by molar-refractivity contribution is 5.99. The summed E-state index contributed by atoms with van der Waals surface area (Å²) in [4.78, 5) is 57.8. The monoisotopic (exact) mass is 638 g/mol. The van der Waals surface area contributed by atoms with E-state index >= 15 is 0 Å². The fourth-order valence-electron chi connectivity index (χ4n) is 6.96. The molecule has 1 spiro atoms. The van der Waals surface area contributed by atoms with Crippen LogP contribution in [-0.2, 0) is 9.47 Å². The highest BCUT2D eigenvalue weighted by atomic mass is 16.6. The van der Waals surface area contributed by atoms with E-state index in [1.807, 2.05) is 60.6 Å². The number of hydrogen-bond acceptors (Lipinski definition) is 9. The molecular formula is C34H38N8O5. The van der Waals surface area contributed by atoms with Crippen LogP contribution in [0.15, 0.2) is 60.9 Å². The van der Waals surface area contributed by atoms with Crippen LogP contribution >= 0.6 is 0 Å². The van der Waals surface area contributed by atoms with Gasteiger partial charge in [0.25, 0.3) is 5.91 Å². The minimum absolute atomic E-state index is 0.0292. The number of anilines is 3. The highest BCUT2D eigenvalue weighted by Gasteiger charge is 2.57. The molecule has 0 saturated carbocycles. The smallest absolute Gasteiger partial charge is 0.415 e. The minimum atomic E-state index is -0.665. The predicted octanol–water partition coefficient (Wildman–Crippen LogP) is 5.52. The molecule has 1 N–H and O–H groups in total. The van der Waals surface area contributed by atoms with Crippen molar-refractivity contribution in [1.29, 1.82) is 0 Å². The molecule has 0 radical (unpaired) electrons. The number of nitrogens with zero attached hydrogens (tertiary/aromatic N) is 7. The number of hydrogen-bond donors (Lipinski definition) is 1. The Kier molecular flexibility index (Phi) is 7.29. The summed E-state index contributed by atoms with van der Waals surface area (Å²) >= 11 is 0. The van der Waals surface area contributed by atoms with Crippen LogP contribution in [0.3, 0.4) is 0 Å². The Morgan fingerprint density at radius 3 is 2.36 bits per heavy atom. The third kappa shape index (κ3) is 5.70. The minimum Gasteiger partial charge on any atom is -0.444 e. The summed E-state index contributed by atoms with van der Waals surface area (Å²) in [5.74, 6) is 0.646. The first-order valence-electron chi connectivity index (χ1n) is 15.8. The Balaban J connectivity index is 1.08. The normalized spacial score (nSPS) is 22.1. The van der Waals surface area contributed by atoms with Crippen LogP contribution in [0.2, 0.25) is 0 Å². The lowest BCUT2D eigenvalue weighted by Gasteiger charge is -2.43. The van der Waals surface area contributed by atoms with Gasteiger partial charge >= 0.3 is 12.2 Å². The van der Waals surface area contributed by atoms with E-state index in [0.717, 1.165) is 23.9 Å². The van der Waals surface area contributed by atoms with Crippen molar-refractivity contribution < 1.29 is 23.9 Å². The molecule has 3 aliphatic rings. The fourth-order valence-corrected chi connectivity index (χ4v) is 6.96. The quantitative estimate of drug-likeness (QED) is 0.300. The van der Waals surface area contributed by atoms with Crippen molar-refractivity contribution in [2.45, 2.75) is 69.7 Å². The second-order valence-electron chi connectivity index (χ2n) is 13.7. The number of rotatable bonds is 5. The average molecular weight is 639 g/mol. The summed E-state index contributed by atoms with van der Waals surface area (Å²) in [6, 6.07) is 14.9. The van der Waals surface area contributed by atoms with E-state index in [4.69, 9.17) is 14.5 Å². The summed E-state index contributed by atoms with van der Waals surface area (Å²) in [5, 5.41) is 3.87. The van der Waals surface area contributed by atoms with Gasteiger partial charge in [-0.15, -0.1) is 0 Å². The molecule has 47 heavy (non-hydrogen) atoms. The van der Waals surface area contributed by atoms with E-state index < -0.39 is 17.3 Å². The van der Waals surface area contributed by atoms with Crippen LogP contribution in [0.25, 0.3) is 16.7 Å². The lowest BCUT2D eigenvalue weighted by molar-refractivity contribution is -0.0424. The molecule has 2 bridgehead atoms. The van der Waals surface area contributed by atoms with Gasteiger partial charge in [0, 0.05) is 56.3 Å². The van der Waals surface area contributed by atoms with Crippen LogP contribution in [-0.4, -0.2) is 91.3 Å². The first-order chi connectivity index (χ1) is 22.4. The van der Waals surface area contributed by atoms with Gasteiger partial charge in [-0.25, -0.2) is 19.6 Å². The Morgan fingerprint density at radius 1 is 1.00 bits per heavy atom. The number of ether oxygens (including phenoxy) is 2. The lowest BCUT2D eigenvalue weighted by atomic mass is 9.86. The third-order valence-electron chi connectivity index (χ3n) is 8.89. The molecule has 1 aromatic carbocycles. The van der Waals surface area contributed by atoms with Gasteiger partial charge in [0.2, 0.25) is 5.95 Å². The van der Waals surface area contributed by atoms with Gasteiger partial charge in [-0.3, -0.25) is 14.3 Å². The number of carbonyl (C=O) groups is 3. The molecule has 244 valence electrons. The Bertz CT molecular complexity index is 1840. The number of amides is 3. The molecule has 3 amide bonds. The van der Waals surface area contributed by atoms with E-state index in [2.05, 4.69) is 15.3 Å². The summed E-state index contributed by atoms with van der Waals surface area (Å²) in [7, 11) is 3.42. The van der Waals surface area contributed by atoms with Crippen LogP contribution in [0.5, 0.6) is 0 Å². The SMILES string of the molecule is CN(C)C(=O)c1cc2cnc(Nc3ccc(N4CC5(CC6CCC(C5)N6C(=O)OC(C)(C)C)OC4=O)cn3)nc2n1-c1ccccc1. The van der Waals surface area contributed by atoms with Crippen molar-refractivity contribution in [3.8, 4) is 5.69 Å². The molecule has 7 rings (SSSR count). The number of carbonyl (C=O) groups excluding carboxylic acids is 3. The molecule has 4 aromatic rings. The van der Waals surface area contributed by atoms with Crippen molar-refractivity contribution in [3.63, 3.8) is 0 Å². The summed E-state index contributed by atoms with van der Waals surface area (Å²) in [6.45, 7) is 5.99. The summed E-state index contributed by atoms with van der Waals surface area (Å²) < 4.78 is 13.5.